The Kier molecular flexibility index (Phi) is 11.7. The minimum absolute atomic E-state index is 0.00828. The first-order valence-corrected chi connectivity index (χ1v) is 14.2. The van der Waals surface area contributed by atoms with E-state index in [2.05, 4.69) is 35.9 Å². The van der Waals surface area contributed by atoms with Crippen molar-refractivity contribution in [3.8, 4) is 5.75 Å². The summed E-state index contributed by atoms with van der Waals surface area (Å²) in [6.45, 7) is 0. The van der Waals surface area contributed by atoms with Gasteiger partial charge in [0, 0.05) is 43.0 Å². The highest BCUT2D eigenvalue weighted by molar-refractivity contribution is 7.98. The van der Waals surface area contributed by atoms with Crippen molar-refractivity contribution >= 4 is 35.5 Å². The maximum atomic E-state index is 13.4. The van der Waals surface area contributed by atoms with Crippen LogP contribution in [0.5, 0.6) is 5.75 Å². The molecule has 0 aliphatic rings. The summed E-state index contributed by atoms with van der Waals surface area (Å²) in [5.74, 6) is -2.60. The molecule has 0 aliphatic heterocycles. The number of nitrogens with one attached hydrogen (secondary N) is 5. The van der Waals surface area contributed by atoms with Gasteiger partial charge in [-0.3, -0.25) is 14.4 Å². The van der Waals surface area contributed by atoms with Crippen molar-refractivity contribution in [2.24, 2.45) is 5.73 Å². The average molecular weight is 587 g/mol. The minimum atomic E-state index is -1.30. The molecule has 0 fully saturated rings. The van der Waals surface area contributed by atoms with Gasteiger partial charge in [-0.25, -0.2) is 14.8 Å². The van der Waals surface area contributed by atoms with E-state index in [4.69, 9.17) is 5.73 Å². The van der Waals surface area contributed by atoms with E-state index in [9.17, 15) is 29.4 Å². The van der Waals surface area contributed by atoms with Gasteiger partial charge in [0.2, 0.25) is 17.7 Å². The molecule has 41 heavy (non-hydrogen) atoms. The van der Waals surface area contributed by atoms with E-state index in [1.807, 2.05) is 6.26 Å². The molecule has 3 amide bonds. The molecule has 0 spiro atoms. The number of amides is 3. The maximum Gasteiger partial charge on any atom is 0.326 e. The summed E-state index contributed by atoms with van der Waals surface area (Å²) in [4.78, 5) is 65.0. The fourth-order valence-corrected chi connectivity index (χ4v) is 4.42. The summed E-state index contributed by atoms with van der Waals surface area (Å²) < 4.78 is 0. The van der Waals surface area contributed by atoms with Crippen molar-refractivity contribution in [3.63, 3.8) is 0 Å². The molecule has 2 aromatic heterocycles. The zero-order valence-electron chi connectivity index (χ0n) is 22.4. The summed E-state index contributed by atoms with van der Waals surface area (Å²) in [5.41, 5.74) is 7.81. The van der Waals surface area contributed by atoms with Crippen LogP contribution in [-0.4, -0.2) is 90.0 Å². The van der Waals surface area contributed by atoms with Gasteiger partial charge >= 0.3 is 5.97 Å². The standard InChI is InChI=1S/C26H34N8O6S/c1-41-7-6-20(32-23(36)19(27)9-16-11-28-13-30-16)24(37)33-21(10-17-12-29-14-31-17)25(38)34-22(26(39)40)8-15-2-4-18(35)5-3-15/h2-5,11-14,19-22,35H,6-10,27H2,1H3,(H,28,30)(H,29,31)(H,32,36)(H,33,37)(H,34,38)(H,39,40). The Hall–Kier alpha value is -4.37. The Morgan fingerprint density at radius 2 is 1.41 bits per heavy atom. The highest BCUT2D eigenvalue weighted by atomic mass is 32.2. The van der Waals surface area contributed by atoms with Crippen LogP contribution in [0.3, 0.4) is 0 Å². The number of aromatic nitrogens is 4. The first-order chi connectivity index (χ1) is 19.7. The number of H-pyrrole nitrogens is 2. The number of phenolic OH excluding ortho intramolecular Hbond substituents is 1. The Morgan fingerprint density at radius 3 is 1.98 bits per heavy atom. The molecule has 220 valence electrons. The zero-order valence-corrected chi connectivity index (χ0v) is 23.2. The molecular formula is C26H34N8O6S. The second-order valence-electron chi connectivity index (χ2n) is 9.34. The van der Waals surface area contributed by atoms with Crippen molar-refractivity contribution in [2.75, 3.05) is 12.0 Å². The third kappa shape index (κ3) is 9.95. The second kappa shape index (κ2) is 15.4. The molecular weight excluding hydrogens is 552 g/mol. The number of thioether (sulfide) groups is 1. The van der Waals surface area contributed by atoms with Crippen molar-refractivity contribution in [1.29, 1.82) is 0 Å². The summed E-state index contributed by atoms with van der Waals surface area (Å²) in [6, 6.07) is 1.52. The predicted octanol–water partition coefficient (Wildman–Crippen LogP) is -0.514. The molecule has 0 radical (unpaired) electrons. The topological polar surface area (TPSA) is 228 Å². The zero-order chi connectivity index (χ0) is 29.8. The summed E-state index contributed by atoms with van der Waals surface area (Å²) in [6.07, 6.45) is 8.18. The number of aromatic amines is 2. The second-order valence-corrected chi connectivity index (χ2v) is 10.3. The van der Waals surface area contributed by atoms with E-state index in [0.29, 0.717) is 22.7 Å². The number of hydrogen-bond donors (Lipinski definition) is 8. The van der Waals surface area contributed by atoms with Gasteiger partial charge in [0.05, 0.1) is 18.7 Å². The number of benzene rings is 1. The van der Waals surface area contributed by atoms with Crippen LogP contribution in [0.25, 0.3) is 0 Å². The van der Waals surface area contributed by atoms with Crippen LogP contribution in [-0.2, 0) is 38.4 Å². The highest BCUT2D eigenvalue weighted by Crippen LogP contribution is 2.12. The highest BCUT2D eigenvalue weighted by Gasteiger charge is 2.31. The number of nitrogens with zero attached hydrogens (tertiary/aromatic N) is 2. The normalized spacial score (nSPS) is 13.9. The number of rotatable bonds is 16. The van der Waals surface area contributed by atoms with E-state index in [1.54, 1.807) is 18.3 Å². The molecule has 0 bridgehead atoms. The van der Waals surface area contributed by atoms with Crippen LogP contribution < -0.4 is 21.7 Å². The van der Waals surface area contributed by atoms with Crippen LogP contribution >= 0.6 is 11.8 Å². The molecule has 3 aromatic rings. The molecule has 14 nitrogen and oxygen atoms in total. The van der Waals surface area contributed by atoms with Crippen molar-refractivity contribution in [2.45, 2.75) is 49.9 Å². The van der Waals surface area contributed by atoms with E-state index >= 15 is 0 Å². The molecule has 9 N–H and O–H groups in total. The molecule has 2 heterocycles. The lowest BCUT2D eigenvalue weighted by Crippen LogP contribution is -2.58. The van der Waals surface area contributed by atoms with Gasteiger partial charge in [-0.2, -0.15) is 11.8 Å². The third-order valence-corrected chi connectivity index (χ3v) is 6.82. The van der Waals surface area contributed by atoms with Crippen LogP contribution in [0.1, 0.15) is 23.4 Å². The Balaban J connectivity index is 1.72. The molecule has 3 rings (SSSR count). The van der Waals surface area contributed by atoms with Crippen LogP contribution in [0.15, 0.2) is 49.3 Å². The predicted molar refractivity (Wildman–Crippen MR) is 151 cm³/mol. The molecule has 0 saturated heterocycles. The number of imidazole rings is 2. The number of aromatic hydroxyl groups is 1. The maximum absolute atomic E-state index is 13.4. The van der Waals surface area contributed by atoms with Gasteiger partial charge in [0.25, 0.3) is 0 Å². The van der Waals surface area contributed by atoms with Gasteiger partial charge < -0.3 is 41.9 Å². The minimum Gasteiger partial charge on any atom is -0.508 e. The number of hydrogen-bond acceptors (Lipinski definition) is 9. The first kappa shape index (κ1) is 31.2. The largest absolute Gasteiger partial charge is 0.508 e. The molecule has 0 aliphatic carbocycles. The Morgan fingerprint density at radius 1 is 0.854 bits per heavy atom. The van der Waals surface area contributed by atoms with E-state index in [0.717, 1.165) is 0 Å². The smallest absolute Gasteiger partial charge is 0.326 e. The summed E-state index contributed by atoms with van der Waals surface area (Å²) in [7, 11) is 0. The van der Waals surface area contributed by atoms with Gasteiger partial charge in [0.15, 0.2) is 0 Å². The van der Waals surface area contributed by atoms with Crippen molar-refractivity contribution in [1.82, 2.24) is 35.9 Å². The number of carboxylic acid groups (broad SMARTS) is 1. The molecule has 4 atom stereocenters. The van der Waals surface area contributed by atoms with Crippen molar-refractivity contribution in [3.05, 3.63) is 66.3 Å². The number of nitrogens with two attached hydrogens (primary N) is 1. The number of carboxylic acids is 1. The van der Waals surface area contributed by atoms with Gasteiger partial charge in [-0.1, -0.05) is 12.1 Å². The number of phenols is 1. The van der Waals surface area contributed by atoms with Gasteiger partial charge in [-0.15, -0.1) is 0 Å². The first-order valence-electron chi connectivity index (χ1n) is 12.8. The number of aliphatic carboxylic acids is 1. The van der Waals surface area contributed by atoms with Gasteiger partial charge in [0.1, 0.15) is 23.9 Å². The monoisotopic (exact) mass is 586 g/mol. The van der Waals surface area contributed by atoms with E-state index < -0.39 is 47.9 Å². The SMILES string of the molecule is CSCCC(NC(=O)C(N)Cc1cnc[nH]1)C(=O)NC(Cc1cnc[nH]1)C(=O)NC(Cc1ccc(O)cc1)C(=O)O. The number of carbonyl (C=O) groups excluding carboxylic acids is 3. The lowest BCUT2D eigenvalue weighted by molar-refractivity contribution is -0.142. The Labute approximate surface area is 240 Å². The lowest BCUT2D eigenvalue weighted by Gasteiger charge is -2.25. The fraction of sp³-hybridized carbons (Fsp3) is 0.385. The van der Waals surface area contributed by atoms with E-state index in [-0.39, 0.29) is 31.4 Å². The molecule has 4 unspecified atom stereocenters. The van der Waals surface area contributed by atoms with Crippen LogP contribution in [0.2, 0.25) is 0 Å². The molecule has 0 saturated carbocycles. The molecule has 1 aromatic carbocycles. The van der Waals surface area contributed by atoms with Crippen LogP contribution in [0, 0.1) is 0 Å². The van der Waals surface area contributed by atoms with Crippen molar-refractivity contribution < 1.29 is 29.4 Å². The summed E-state index contributed by atoms with van der Waals surface area (Å²) in [5, 5.41) is 27.1. The molecule has 15 heteroatoms. The Bertz CT molecular complexity index is 1270. The summed E-state index contributed by atoms with van der Waals surface area (Å²) >= 11 is 1.48. The number of carbonyl (C=O) groups is 4. The lowest BCUT2D eigenvalue weighted by atomic mass is 10.0. The van der Waals surface area contributed by atoms with Gasteiger partial charge in [-0.05, 0) is 36.1 Å². The van der Waals surface area contributed by atoms with E-state index in [1.165, 1.54) is 42.7 Å². The average Bonchev–Trinajstić information content (AvgIpc) is 3.65. The fourth-order valence-electron chi connectivity index (χ4n) is 3.95. The third-order valence-electron chi connectivity index (χ3n) is 6.18. The van der Waals surface area contributed by atoms with Crippen LogP contribution in [0.4, 0.5) is 0 Å². The quantitative estimate of drug-likeness (QED) is 0.107.